The molecule has 6 nitrogen and oxygen atoms in total. The maximum Gasteiger partial charge on any atom is 0.306 e. The fraction of sp³-hybridized carbons (Fsp3) is 0.794. The summed E-state index contributed by atoms with van der Waals surface area (Å²) >= 11 is 0. The van der Waals surface area contributed by atoms with E-state index in [2.05, 4.69) is 81.5 Å². The molecule has 0 aliphatic rings. The number of allylic oxidation sites excluding steroid dienone is 10. The summed E-state index contributed by atoms with van der Waals surface area (Å²) < 4.78 is 16.9. The second kappa shape index (κ2) is 57.7. The van der Waals surface area contributed by atoms with Crippen molar-refractivity contribution >= 4 is 17.9 Å². The van der Waals surface area contributed by atoms with Crippen LogP contribution >= 0.6 is 0 Å². The van der Waals surface area contributed by atoms with Gasteiger partial charge in [0.2, 0.25) is 0 Å². The van der Waals surface area contributed by atoms with E-state index >= 15 is 0 Å². The number of carbonyl (C=O) groups excluding carboxylic acids is 3. The van der Waals surface area contributed by atoms with Gasteiger partial charge in [0.1, 0.15) is 13.2 Å². The lowest BCUT2D eigenvalue weighted by Gasteiger charge is -2.18. The van der Waals surface area contributed by atoms with E-state index in [4.69, 9.17) is 14.2 Å². The Labute approximate surface area is 428 Å². The lowest BCUT2D eigenvalue weighted by Crippen LogP contribution is -2.30. The molecule has 0 rings (SSSR count). The third-order valence-electron chi connectivity index (χ3n) is 13.0. The molecule has 0 aliphatic heterocycles. The Kier molecular flexibility index (Phi) is 55.3. The molecule has 1 atom stereocenters. The third-order valence-corrected chi connectivity index (χ3v) is 13.0. The zero-order chi connectivity index (χ0) is 50.0. The van der Waals surface area contributed by atoms with Crippen molar-refractivity contribution in [3.05, 3.63) is 60.8 Å². The first-order chi connectivity index (χ1) is 34.0. The van der Waals surface area contributed by atoms with Gasteiger partial charge in [-0.05, 0) is 103 Å². The Bertz CT molecular complexity index is 1250. The van der Waals surface area contributed by atoms with Gasteiger partial charge in [0.15, 0.2) is 6.10 Å². The van der Waals surface area contributed by atoms with Crippen LogP contribution in [0.4, 0.5) is 0 Å². The van der Waals surface area contributed by atoms with Crippen LogP contribution in [0.1, 0.15) is 303 Å². The zero-order valence-electron chi connectivity index (χ0n) is 45.8. The van der Waals surface area contributed by atoms with Crippen LogP contribution in [0.15, 0.2) is 60.8 Å². The van der Waals surface area contributed by atoms with Crippen molar-refractivity contribution in [3.63, 3.8) is 0 Å². The van der Waals surface area contributed by atoms with Crippen LogP contribution in [0.25, 0.3) is 0 Å². The van der Waals surface area contributed by atoms with Crippen molar-refractivity contribution in [2.75, 3.05) is 13.2 Å². The largest absolute Gasteiger partial charge is 0.462 e. The predicted octanol–water partition coefficient (Wildman–Crippen LogP) is 20.0. The van der Waals surface area contributed by atoms with E-state index in [-0.39, 0.29) is 31.1 Å². The molecule has 1 unspecified atom stereocenters. The molecule has 0 amide bonds. The van der Waals surface area contributed by atoms with Gasteiger partial charge in [0, 0.05) is 19.3 Å². The van der Waals surface area contributed by atoms with E-state index in [1.165, 1.54) is 173 Å². The molecule has 0 radical (unpaired) electrons. The SMILES string of the molecule is CC/C=C\C/C=C\C/C=C\CCCCCCCCCC(=O)OC(COC(=O)CCCCCCC/C=C\CCCCCCCCC)COC(=O)CCCCCCCCC/C=C\CCCCCCCCC. The van der Waals surface area contributed by atoms with Crippen molar-refractivity contribution in [1.82, 2.24) is 0 Å². The molecule has 0 aliphatic carbocycles. The monoisotopic (exact) mass is 965 g/mol. The second-order valence-corrected chi connectivity index (χ2v) is 19.9. The standard InChI is InChI=1S/C63H112O6/c1-4-7-10-13-16-19-22-25-28-31-33-35-38-41-44-47-50-53-56-62(65)68-59-60(58-67-61(64)55-52-49-46-43-40-37-34-30-27-24-21-18-15-12-9-6-3)69-63(66)57-54-51-48-45-42-39-36-32-29-26-23-20-17-14-11-8-5-2/h8,11,17,20,26,28-31,34,60H,4-7,9-10,12-16,18-19,21-25,27,32-33,35-59H2,1-3H3/b11-8-,20-17-,29-26-,31-28-,34-30-. The van der Waals surface area contributed by atoms with Gasteiger partial charge in [-0.15, -0.1) is 0 Å². The van der Waals surface area contributed by atoms with Crippen LogP contribution in [0.5, 0.6) is 0 Å². The highest BCUT2D eigenvalue weighted by Crippen LogP contribution is 2.15. The quantitative estimate of drug-likeness (QED) is 0.0262. The summed E-state index contributed by atoms with van der Waals surface area (Å²) in [6, 6.07) is 0. The van der Waals surface area contributed by atoms with Crippen molar-refractivity contribution in [3.8, 4) is 0 Å². The van der Waals surface area contributed by atoms with Gasteiger partial charge in [-0.1, -0.05) is 242 Å². The van der Waals surface area contributed by atoms with Crippen molar-refractivity contribution in [1.29, 1.82) is 0 Å². The van der Waals surface area contributed by atoms with Crippen LogP contribution in [-0.4, -0.2) is 37.2 Å². The average molecular weight is 966 g/mol. The maximum absolute atomic E-state index is 12.9. The van der Waals surface area contributed by atoms with Crippen molar-refractivity contribution in [2.45, 2.75) is 309 Å². The van der Waals surface area contributed by atoms with E-state index in [1.807, 2.05) is 0 Å². The molecule has 400 valence electrons. The molecule has 0 N–H and O–H groups in total. The summed E-state index contributed by atoms with van der Waals surface area (Å²) in [7, 11) is 0. The van der Waals surface area contributed by atoms with E-state index in [0.717, 1.165) is 89.9 Å². The van der Waals surface area contributed by atoms with Gasteiger partial charge in [-0.2, -0.15) is 0 Å². The van der Waals surface area contributed by atoms with Gasteiger partial charge in [0.05, 0.1) is 0 Å². The van der Waals surface area contributed by atoms with E-state index < -0.39 is 6.10 Å². The summed E-state index contributed by atoms with van der Waals surface area (Å²) in [5, 5.41) is 0. The molecule has 0 saturated carbocycles. The molecule has 0 saturated heterocycles. The smallest absolute Gasteiger partial charge is 0.306 e. The van der Waals surface area contributed by atoms with Crippen molar-refractivity contribution in [2.24, 2.45) is 0 Å². The Morgan fingerprint density at radius 3 is 0.899 bits per heavy atom. The van der Waals surface area contributed by atoms with Crippen LogP contribution in [-0.2, 0) is 28.6 Å². The van der Waals surface area contributed by atoms with Gasteiger partial charge < -0.3 is 14.2 Å². The zero-order valence-corrected chi connectivity index (χ0v) is 45.8. The van der Waals surface area contributed by atoms with Gasteiger partial charge in [0.25, 0.3) is 0 Å². The van der Waals surface area contributed by atoms with Crippen LogP contribution in [0, 0.1) is 0 Å². The fourth-order valence-corrected chi connectivity index (χ4v) is 8.51. The minimum absolute atomic E-state index is 0.0820. The highest BCUT2D eigenvalue weighted by molar-refractivity contribution is 5.71. The molecule has 0 spiro atoms. The lowest BCUT2D eigenvalue weighted by atomic mass is 10.1. The Morgan fingerprint density at radius 2 is 0.565 bits per heavy atom. The maximum atomic E-state index is 12.9. The van der Waals surface area contributed by atoms with E-state index in [1.54, 1.807) is 0 Å². The Hall–Kier alpha value is -2.89. The second-order valence-electron chi connectivity index (χ2n) is 19.9. The third kappa shape index (κ3) is 55.9. The highest BCUT2D eigenvalue weighted by Gasteiger charge is 2.19. The minimum Gasteiger partial charge on any atom is -0.462 e. The highest BCUT2D eigenvalue weighted by atomic mass is 16.6. The van der Waals surface area contributed by atoms with Crippen LogP contribution < -0.4 is 0 Å². The Balaban J connectivity index is 4.39. The first-order valence-corrected chi connectivity index (χ1v) is 29.8. The fourth-order valence-electron chi connectivity index (χ4n) is 8.51. The molecule has 0 aromatic rings. The first kappa shape index (κ1) is 66.1. The molecule has 0 fully saturated rings. The van der Waals surface area contributed by atoms with Crippen LogP contribution in [0.3, 0.4) is 0 Å². The molecule has 0 aromatic heterocycles. The minimum atomic E-state index is -0.785. The van der Waals surface area contributed by atoms with Gasteiger partial charge >= 0.3 is 17.9 Å². The predicted molar refractivity (Wildman–Crippen MR) is 298 cm³/mol. The number of esters is 3. The molecular weight excluding hydrogens is 853 g/mol. The summed E-state index contributed by atoms with van der Waals surface area (Å²) in [5.74, 6) is -0.892. The lowest BCUT2D eigenvalue weighted by molar-refractivity contribution is -0.167. The van der Waals surface area contributed by atoms with E-state index in [9.17, 15) is 14.4 Å². The molecule has 0 heterocycles. The number of hydrogen-bond acceptors (Lipinski definition) is 6. The Morgan fingerprint density at radius 1 is 0.304 bits per heavy atom. The van der Waals surface area contributed by atoms with Crippen molar-refractivity contribution < 1.29 is 28.6 Å². The summed E-state index contributed by atoms with van der Waals surface area (Å²) in [4.78, 5) is 38.2. The molecule has 0 bridgehead atoms. The molecule has 69 heavy (non-hydrogen) atoms. The van der Waals surface area contributed by atoms with Gasteiger partial charge in [-0.3, -0.25) is 14.4 Å². The molecule has 0 aromatic carbocycles. The van der Waals surface area contributed by atoms with Gasteiger partial charge in [-0.25, -0.2) is 0 Å². The number of hydrogen-bond donors (Lipinski definition) is 0. The summed E-state index contributed by atoms with van der Waals surface area (Å²) in [6.45, 7) is 6.54. The summed E-state index contributed by atoms with van der Waals surface area (Å²) in [5.41, 5.74) is 0. The van der Waals surface area contributed by atoms with Crippen LogP contribution in [0.2, 0.25) is 0 Å². The number of ether oxygens (including phenoxy) is 3. The average Bonchev–Trinajstić information content (AvgIpc) is 3.35. The molecular formula is C63H112O6. The first-order valence-electron chi connectivity index (χ1n) is 29.8. The summed E-state index contributed by atoms with van der Waals surface area (Å²) in [6.07, 6.45) is 72.1. The normalized spacial score (nSPS) is 12.4. The number of carbonyl (C=O) groups is 3. The topological polar surface area (TPSA) is 78.9 Å². The van der Waals surface area contributed by atoms with E-state index in [0.29, 0.717) is 19.3 Å². The molecule has 6 heteroatoms. The number of unbranched alkanes of at least 4 members (excludes halogenated alkanes) is 33. The number of rotatable bonds is 54.